The van der Waals surface area contributed by atoms with Gasteiger partial charge in [-0.1, -0.05) is 0 Å². The molecule has 16 heavy (non-hydrogen) atoms. The monoisotopic (exact) mass is 239 g/mol. The van der Waals surface area contributed by atoms with E-state index in [9.17, 15) is 22.8 Å². The Hall–Kier alpha value is -1.31. The van der Waals surface area contributed by atoms with Crippen LogP contribution >= 0.6 is 0 Å². The van der Waals surface area contributed by atoms with Crippen molar-refractivity contribution in [1.82, 2.24) is 5.32 Å². The third kappa shape index (κ3) is 1.73. The Bertz CT molecular complexity index is 343. The molecule has 2 atom stereocenters. The van der Waals surface area contributed by atoms with E-state index in [1.54, 1.807) is 0 Å². The van der Waals surface area contributed by atoms with E-state index in [0.29, 0.717) is 6.54 Å². The van der Waals surface area contributed by atoms with Crippen LogP contribution in [0, 0.1) is 5.41 Å². The van der Waals surface area contributed by atoms with Gasteiger partial charge in [0.05, 0.1) is 11.8 Å². The minimum absolute atomic E-state index is 0.0192. The van der Waals surface area contributed by atoms with Crippen LogP contribution < -0.4 is 5.32 Å². The van der Waals surface area contributed by atoms with Gasteiger partial charge in [-0.2, -0.15) is 13.2 Å². The molecule has 0 bridgehead atoms. The Morgan fingerprint density at radius 3 is 2.62 bits per heavy atom. The summed E-state index contributed by atoms with van der Waals surface area (Å²) in [6.45, 7) is 0.281. The Balaban J connectivity index is 1.97. The van der Waals surface area contributed by atoms with Crippen molar-refractivity contribution in [3.8, 4) is 0 Å². The number of rotatable bonds is 1. The topological polar surface area (TPSA) is 64.6 Å². The van der Waals surface area contributed by atoms with Gasteiger partial charge in [-0.25, -0.2) is 4.79 Å². The molecule has 0 aromatic rings. The van der Waals surface area contributed by atoms with Crippen molar-refractivity contribution in [3.05, 3.63) is 0 Å². The van der Waals surface area contributed by atoms with Crippen LogP contribution in [0.15, 0.2) is 0 Å². The van der Waals surface area contributed by atoms with E-state index in [2.05, 4.69) is 14.8 Å². The summed E-state index contributed by atoms with van der Waals surface area (Å²) in [5, 5.41) is 2.53. The number of alkyl halides is 3. The highest BCUT2D eigenvalue weighted by Gasteiger charge is 2.57. The van der Waals surface area contributed by atoms with Gasteiger partial charge in [0.25, 0.3) is 0 Å². The van der Waals surface area contributed by atoms with Gasteiger partial charge in [-0.05, 0) is 0 Å². The molecule has 2 saturated heterocycles. The molecular weight excluding hydrogens is 231 g/mol. The second kappa shape index (κ2) is 3.34. The first-order valence-electron chi connectivity index (χ1n) is 4.50. The van der Waals surface area contributed by atoms with Gasteiger partial charge in [0.15, 0.2) is 6.23 Å². The zero-order valence-corrected chi connectivity index (χ0v) is 7.97. The summed E-state index contributed by atoms with van der Waals surface area (Å²) in [6.07, 6.45) is -6.16. The highest BCUT2D eigenvalue weighted by atomic mass is 19.4. The fraction of sp³-hybridized carbons (Fsp3) is 0.750. The van der Waals surface area contributed by atoms with Gasteiger partial charge in [0.2, 0.25) is 0 Å². The van der Waals surface area contributed by atoms with Crippen molar-refractivity contribution in [2.24, 2.45) is 5.41 Å². The average molecular weight is 239 g/mol. The summed E-state index contributed by atoms with van der Waals surface area (Å²) in [5.41, 5.74) is -0.821. The molecule has 2 fully saturated rings. The van der Waals surface area contributed by atoms with E-state index in [0.717, 1.165) is 0 Å². The van der Waals surface area contributed by atoms with Crippen LogP contribution in [0.2, 0.25) is 0 Å². The van der Waals surface area contributed by atoms with Crippen molar-refractivity contribution in [3.63, 3.8) is 0 Å². The lowest BCUT2D eigenvalue weighted by atomic mass is 9.79. The molecule has 0 radical (unpaired) electrons. The van der Waals surface area contributed by atoms with Gasteiger partial charge in [-0.3, -0.25) is 10.1 Å². The van der Waals surface area contributed by atoms with Crippen LogP contribution in [0.5, 0.6) is 0 Å². The first kappa shape index (κ1) is 11.2. The lowest BCUT2D eigenvalue weighted by Gasteiger charge is -2.44. The van der Waals surface area contributed by atoms with E-state index >= 15 is 0 Å². The molecule has 2 aliphatic heterocycles. The largest absolute Gasteiger partial charge is 0.490 e. The predicted molar refractivity (Wildman–Crippen MR) is 41.9 cm³/mol. The van der Waals surface area contributed by atoms with E-state index < -0.39 is 29.8 Å². The van der Waals surface area contributed by atoms with Crippen molar-refractivity contribution < 1.29 is 32.2 Å². The fourth-order valence-electron chi connectivity index (χ4n) is 1.71. The molecule has 0 saturated carbocycles. The molecule has 1 N–H and O–H groups in total. The second-order valence-electron chi connectivity index (χ2n) is 3.86. The first-order chi connectivity index (χ1) is 7.33. The molecule has 0 aromatic heterocycles. The highest BCUT2D eigenvalue weighted by molar-refractivity contribution is 5.76. The number of hydrogen-bond donors (Lipinski definition) is 1. The molecule has 2 rings (SSSR count). The summed E-state index contributed by atoms with van der Waals surface area (Å²) in [6, 6.07) is 0. The number of ether oxygens (including phenoxy) is 2. The summed E-state index contributed by atoms with van der Waals surface area (Å²) >= 11 is 0. The molecule has 8 heteroatoms. The third-order valence-electron chi connectivity index (χ3n) is 2.67. The first-order valence-corrected chi connectivity index (χ1v) is 4.50. The van der Waals surface area contributed by atoms with E-state index in [-0.39, 0.29) is 13.0 Å². The van der Waals surface area contributed by atoms with Crippen molar-refractivity contribution in [2.75, 3.05) is 13.2 Å². The molecule has 0 aromatic carbocycles. The quantitative estimate of drug-likeness (QED) is 0.650. The van der Waals surface area contributed by atoms with Crippen LogP contribution in [-0.2, 0) is 19.1 Å². The number of esters is 2. The van der Waals surface area contributed by atoms with Crippen LogP contribution in [0.4, 0.5) is 13.2 Å². The molecule has 90 valence electrons. The number of cyclic esters (lactones) is 1. The normalized spacial score (nSPS) is 33.4. The SMILES string of the molecule is O=C1CC2(CNC2OC(=O)C(F)(F)F)CO1. The van der Waals surface area contributed by atoms with Crippen LogP contribution in [0.1, 0.15) is 6.42 Å². The summed E-state index contributed by atoms with van der Waals surface area (Å²) in [5.74, 6) is -2.75. The summed E-state index contributed by atoms with van der Waals surface area (Å²) in [7, 11) is 0. The molecule has 2 heterocycles. The van der Waals surface area contributed by atoms with Gasteiger partial charge in [0.1, 0.15) is 6.61 Å². The zero-order valence-electron chi connectivity index (χ0n) is 7.97. The van der Waals surface area contributed by atoms with Crippen LogP contribution in [0.25, 0.3) is 0 Å². The third-order valence-corrected chi connectivity index (χ3v) is 2.67. The molecule has 0 aliphatic carbocycles. The predicted octanol–water partition coefficient (Wildman–Crippen LogP) is -0.0455. The fourth-order valence-corrected chi connectivity index (χ4v) is 1.71. The molecule has 2 aliphatic rings. The van der Waals surface area contributed by atoms with Gasteiger partial charge < -0.3 is 9.47 Å². The maximum Gasteiger partial charge on any atom is 0.490 e. The van der Waals surface area contributed by atoms with Crippen LogP contribution in [0.3, 0.4) is 0 Å². The number of carbonyl (C=O) groups excluding carboxylic acids is 2. The smallest absolute Gasteiger partial charge is 0.465 e. The molecular formula is C8H8F3NO4. The molecule has 1 spiro atoms. The van der Waals surface area contributed by atoms with Crippen molar-refractivity contribution in [1.29, 1.82) is 0 Å². The van der Waals surface area contributed by atoms with Crippen molar-refractivity contribution >= 4 is 11.9 Å². The Kier molecular flexibility index (Phi) is 2.33. The molecule has 5 nitrogen and oxygen atoms in total. The second-order valence-corrected chi connectivity index (χ2v) is 3.86. The van der Waals surface area contributed by atoms with Gasteiger partial charge in [0, 0.05) is 6.54 Å². The standard InChI is InChI=1S/C8H8F3NO4/c9-8(10,11)6(14)16-5-7(2-12-5)1-4(13)15-3-7/h5,12H,1-3H2. The lowest BCUT2D eigenvalue weighted by Crippen LogP contribution is -2.65. The minimum atomic E-state index is -5.03. The van der Waals surface area contributed by atoms with Crippen molar-refractivity contribution in [2.45, 2.75) is 18.8 Å². The minimum Gasteiger partial charge on any atom is -0.465 e. The highest BCUT2D eigenvalue weighted by Crippen LogP contribution is 2.39. The average Bonchev–Trinajstić information content (AvgIpc) is 2.55. The summed E-state index contributed by atoms with van der Waals surface area (Å²) < 4.78 is 44.7. The zero-order chi connectivity index (χ0) is 12.0. The molecule has 2 unspecified atom stereocenters. The Morgan fingerprint density at radius 1 is 1.56 bits per heavy atom. The lowest BCUT2D eigenvalue weighted by molar-refractivity contribution is -0.221. The number of hydrogen-bond acceptors (Lipinski definition) is 5. The maximum absolute atomic E-state index is 11.9. The summed E-state index contributed by atoms with van der Waals surface area (Å²) in [4.78, 5) is 21.4. The Labute approximate surface area is 87.9 Å². The van der Waals surface area contributed by atoms with Gasteiger partial charge in [-0.15, -0.1) is 0 Å². The van der Waals surface area contributed by atoms with E-state index in [1.807, 2.05) is 0 Å². The number of nitrogens with one attached hydrogen (secondary N) is 1. The number of carbonyl (C=O) groups is 2. The van der Waals surface area contributed by atoms with Crippen LogP contribution in [-0.4, -0.2) is 37.5 Å². The molecule has 0 amide bonds. The maximum atomic E-state index is 11.9. The Morgan fingerprint density at radius 2 is 2.25 bits per heavy atom. The van der Waals surface area contributed by atoms with E-state index in [4.69, 9.17) is 0 Å². The van der Waals surface area contributed by atoms with E-state index in [1.165, 1.54) is 0 Å². The van der Waals surface area contributed by atoms with Gasteiger partial charge >= 0.3 is 18.1 Å². The number of halogens is 3.